The van der Waals surface area contributed by atoms with Crippen molar-refractivity contribution < 1.29 is 9.15 Å². The molecule has 0 unspecified atom stereocenters. The van der Waals surface area contributed by atoms with Gasteiger partial charge in [-0.1, -0.05) is 29.3 Å². The maximum atomic E-state index is 5.48. The molecular weight excluding hydrogens is 282 g/mol. The van der Waals surface area contributed by atoms with Crippen LogP contribution in [0.25, 0.3) is 0 Å². The average molecular weight is 305 g/mol. The predicted molar refractivity (Wildman–Crippen MR) is 79.1 cm³/mol. The number of nitrogens with zero attached hydrogens (tertiary/aromatic N) is 5. The molecule has 1 atom stereocenters. The van der Waals surface area contributed by atoms with Crippen LogP contribution < -0.4 is 0 Å². The van der Waals surface area contributed by atoms with Gasteiger partial charge in [0, 0.05) is 19.5 Å². The zero-order valence-corrected chi connectivity index (χ0v) is 13.4. The second-order valence-electron chi connectivity index (χ2n) is 6.52. The molecular formula is C15H23N5O2. The molecule has 0 saturated carbocycles. The van der Waals surface area contributed by atoms with E-state index in [4.69, 9.17) is 9.15 Å². The van der Waals surface area contributed by atoms with Crippen LogP contribution in [-0.4, -0.2) is 38.4 Å². The van der Waals surface area contributed by atoms with E-state index in [1.165, 1.54) is 0 Å². The molecule has 0 radical (unpaired) electrons. The van der Waals surface area contributed by atoms with Crippen LogP contribution in [0, 0.1) is 12.8 Å². The number of rotatable bonds is 5. The molecule has 2 aromatic rings. The van der Waals surface area contributed by atoms with E-state index in [-0.39, 0.29) is 0 Å². The normalized spacial score (nSPS) is 19.9. The molecule has 0 aliphatic carbocycles. The maximum absolute atomic E-state index is 5.48. The van der Waals surface area contributed by atoms with Crippen molar-refractivity contribution in [3.05, 3.63) is 23.1 Å². The molecule has 2 aromatic heterocycles. The number of likely N-dealkylation sites (tertiary alicyclic amines) is 1. The summed E-state index contributed by atoms with van der Waals surface area (Å²) >= 11 is 0. The quantitative estimate of drug-likeness (QED) is 0.838. The molecule has 0 N–H and O–H groups in total. The van der Waals surface area contributed by atoms with Gasteiger partial charge in [-0.05, 0) is 32.2 Å². The first-order valence-electron chi connectivity index (χ1n) is 7.94. The minimum atomic E-state index is 0.308. The van der Waals surface area contributed by atoms with Gasteiger partial charge in [0.2, 0.25) is 5.89 Å². The smallest absolute Gasteiger partial charge is 0.231 e. The Morgan fingerprint density at radius 2 is 2.14 bits per heavy atom. The number of aryl methyl sites for hydroxylation is 1. The van der Waals surface area contributed by atoms with Crippen LogP contribution in [0.4, 0.5) is 0 Å². The fraction of sp³-hybridized carbons (Fsp3) is 0.733. The Balaban J connectivity index is 1.62. The van der Waals surface area contributed by atoms with Gasteiger partial charge in [-0.2, -0.15) is 4.98 Å². The Kier molecular flexibility index (Phi) is 4.52. The second kappa shape index (κ2) is 6.56. The summed E-state index contributed by atoms with van der Waals surface area (Å²) in [5, 5.41) is 11.9. The Morgan fingerprint density at radius 3 is 2.86 bits per heavy atom. The molecule has 0 spiro atoms. The lowest BCUT2D eigenvalue weighted by atomic mass is 9.97. The van der Waals surface area contributed by atoms with Crippen LogP contribution in [0.3, 0.4) is 0 Å². The summed E-state index contributed by atoms with van der Waals surface area (Å²) in [6, 6.07) is 0. The third-order valence-electron chi connectivity index (χ3n) is 4.05. The van der Waals surface area contributed by atoms with Crippen LogP contribution >= 0.6 is 0 Å². The SMILES string of the molecule is Cc1nonc1CN1CCC[C@H](c2nc(CC(C)C)no2)C1. The molecule has 7 nitrogen and oxygen atoms in total. The number of hydrogen-bond acceptors (Lipinski definition) is 7. The lowest BCUT2D eigenvalue weighted by Crippen LogP contribution is -2.34. The molecule has 1 fully saturated rings. The van der Waals surface area contributed by atoms with Crippen LogP contribution in [0.1, 0.15) is 55.7 Å². The van der Waals surface area contributed by atoms with Gasteiger partial charge in [0.1, 0.15) is 11.4 Å². The van der Waals surface area contributed by atoms with Gasteiger partial charge >= 0.3 is 0 Å². The van der Waals surface area contributed by atoms with Crippen LogP contribution in [0.5, 0.6) is 0 Å². The summed E-state index contributed by atoms with van der Waals surface area (Å²) < 4.78 is 10.2. The van der Waals surface area contributed by atoms with Crippen molar-refractivity contribution in [3.63, 3.8) is 0 Å². The maximum Gasteiger partial charge on any atom is 0.231 e. The molecule has 0 bridgehead atoms. The van der Waals surface area contributed by atoms with Crippen molar-refractivity contribution in [1.29, 1.82) is 0 Å². The highest BCUT2D eigenvalue weighted by Crippen LogP contribution is 2.27. The molecule has 1 saturated heterocycles. The lowest BCUT2D eigenvalue weighted by molar-refractivity contribution is 0.175. The average Bonchev–Trinajstić information content (AvgIpc) is 3.09. The largest absolute Gasteiger partial charge is 0.339 e. The lowest BCUT2D eigenvalue weighted by Gasteiger charge is -2.30. The molecule has 3 rings (SSSR count). The zero-order chi connectivity index (χ0) is 15.5. The van der Waals surface area contributed by atoms with E-state index in [0.717, 1.165) is 62.0 Å². The molecule has 3 heterocycles. The van der Waals surface area contributed by atoms with Crippen LogP contribution in [-0.2, 0) is 13.0 Å². The van der Waals surface area contributed by atoms with Gasteiger partial charge in [-0.15, -0.1) is 0 Å². The molecule has 7 heteroatoms. The molecule has 0 aromatic carbocycles. The van der Waals surface area contributed by atoms with E-state index in [1.54, 1.807) is 0 Å². The van der Waals surface area contributed by atoms with Crippen molar-refractivity contribution in [3.8, 4) is 0 Å². The van der Waals surface area contributed by atoms with Gasteiger partial charge in [0.15, 0.2) is 5.82 Å². The van der Waals surface area contributed by atoms with Gasteiger partial charge in [-0.25, -0.2) is 4.63 Å². The van der Waals surface area contributed by atoms with Crippen molar-refractivity contribution in [2.75, 3.05) is 13.1 Å². The topological polar surface area (TPSA) is 81.1 Å². The van der Waals surface area contributed by atoms with E-state index < -0.39 is 0 Å². The van der Waals surface area contributed by atoms with Crippen molar-refractivity contribution >= 4 is 0 Å². The first-order valence-corrected chi connectivity index (χ1v) is 7.94. The molecule has 1 aliphatic heterocycles. The first-order chi connectivity index (χ1) is 10.6. The molecule has 1 aliphatic rings. The van der Waals surface area contributed by atoms with Gasteiger partial charge in [0.25, 0.3) is 0 Å². The Hall–Kier alpha value is -1.76. The Morgan fingerprint density at radius 1 is 1.27 bits per heavy atom. The summed E-state index contributed by atoms with van der Waals surface area (Å²) in [5.41, 5.74) is 1.77. The molecule has 120 valence electrons. The fourth-order valence-corrected chi connectivity index (χ4v) is 2.89. The Labute approximate surface area is 130 Å². The molecule has 0 amide bonds. The van der Waals surface area contributed by atoms with Crippen molar-refractivity contribution in [1.82, 2.24) is 25.4 Å². The van der Waals surface area contributed by atoms with Crippen molar-refractivity contribution in [2.24, 2.45) is 5.92 Å². The van der Waals surface area contributed by atoms with Crippen LogP contribution in [0.15, 0.2) is 9.15 Å². The van der Waals surface area contributed by atoms with Gasteiger partial charge < -0.3 is 4.52 Å². The highest BCUT2D eigenvalue weighted by Gasteiger charge is 2.27. The summed E-state index contributed by atoms with van der Waals surface area (Å²) in [5.74, 6) is 2.44. The zero-order valence-electron chi connectivity index (χ0n) is 13.4. The van der Waals surface area contributed by atoms with Crippen molar-refractivity contribution in [2.45, 2.75) is 52.5 Å². The predicted octanol–water partition coefficient (Wildman–Crippen LogP) is 2.34. The van der Waals surface area contributed by atoms with E-state index in [2.05, 4.69) is 39.2 Å². The third-order valence-corrected chi connectivity index (χ3v) is 4.05. The third kappa shape index (κ3) is 3.52. The number of aromatic nitrogens is 4. The number of hydrogen-bond donors (Lipinski definition) is 0. The fourth-order valence-electron chi connectivity index (χ4n) is 2.89. The van der Waals surface area contributed by atoms with Gasteiger partial charge in [0.05, 0.1) is 5.92 Å². The van der Waals surface area contributed by atoms with E-state index in [0.29, 0.717) is 11.8 Å². The number of piperidine rings is 1. The minimum Gasteiger partial charge on any atom is -0.339 e. The van der Waals surface area contributed by atoms with E-state index in [1.807, 2.05) is 6.92 Å². The summed E-state index contributed by atoms with van der Waals surface area (Å²) in [6.45, 7) is 8.97. The first kappa shape index (κ1) is 15.1. The molecule has 22 heavy (non-hydrogen) atoms. The monoisotopic (exact) mass is 305 g/mol. The van der Waals surface area contributed by atoms with Crippen LogP contribution in [0.2, 0.25) is 0 Å². The minimum absolute atomic E-state index is 0.308. The van der Waals surface area contributed by atoms with Gasteiger partial charge in [-0.3, -0.25) is 4.90 Å². The highest BCUT2D eigenvalue weighted by molar-refractivity contribution is 5.05. The summed E-state index contributed by atoms with van der Waals surface area (Å²) in [4.78, 5) is 6.93. The summed E-state index contributed by atoms with van der Waals surface area (Å²) in [7, 11) is 0. The van der Waals surface area contributed by atoms with E-state index in [9.17, 15) is 0 Å². The second-order valence-corrected chi connectivity index (χ2v) is 6.52. The Bertz CT molecular complexity index is 607. The highest BCUT2D eigenvalue weighted by atomic mass is 16.6. The summed E-state index contributed by atoms with van der Waals surface area (Å²) in [6.07, 6.45) is 3.08. The standard InChI is InChI=1S/C15H23N5O2/c1-10(2)7-14-16-15(21-19-14)12-5-4-6-20(8-12)9-13-11(3)17-22-18-13/h10,12H,4-9H2,1-3H3/t12-/m0/s1. The van der Waals surface area contributed by atoms with E-state index >= 15 is 0 Å².